The maximum Gasteiger partial charge on any atom is 0.328 e. The van der Waals surface area contributed by atoms with Crippen LogP contribution in [0.4, 0.5) is 0 Å². The highest BCUT2D eigenvalue weighted by atomic mass is 35.5. The molecule has 8 heteroatoms. The zero-order chi connectivity index (χ0) is 18.7. The first-order valence-electron chi connectivity index (χ1n) is 7.90. The van der Waals surface area contributed by atoms with Gasteiger partial charge in [-0.15, -0.1) is 11.3 Å². The Morgan fingerprint density at radius 1 is 1.35 bits per heavy atom. The number of thiophene rings is 1. The molecular formula is C18H17ClN2O3S2. The van der Waals surface area contributed by atoms with Crippen LogP contribution in [0.1, 0.15) is 16.1 Å². The van der Waals surface area contributed by atoms with E-state index >= 15 is 0 Å². The molecule has 0 bridgehead atoms. The summed E-state index contributed by atoms with van der Waals surface area (Å²) in [5.74, 6) is -0.0196. The molecule has 0 saturated carbocycles. The van der Waals surface area contributed by atoms with Gasteiger partial charge in [0.1, 0.15) is 11.2 Å². The number of fused-ring (bicyclic) bond motifs is 3. The van der Waals surface area contributed by atoms with E-state index < -0.39 is 12.0 Å². The van der Waals surface area contributed by atoms with Crippen molar-refractivity contribution in [2.45, 2.75) is 12.5 Å². The number of halogens is 1. The highest BCUT2D eigenvalue weighted by Gasteiger charge is 2.23. The Balaban J connectivity index is 1.94. The topological polar surface area (TPSA) is 68.3 Å². The molecule has 0 fully saturated rings. The van der Waals surface area contributed by atoms with E-state index in [4.69, 9.17) is 16.3 Å². The van der Waals surface area contributed by atoms with Gasteiger partial charge in [-0.25, -0.2) is 9.78 Å². The minimum Gasteiger partial charge on any atom is -0.467 e. The average Bonchev–Trinajstić information content (AvgIpc) is 3.11. The van der Waals surface area contributed by atoms with Crippen LogP contribution in [0, 0.1) is 0 Å². The molecule has 2 aromatic heterocycles. The number of carbonyl (C=O) groups excluding carboxylic acids is 2. The number of benzene rings is 1. The number of hydrogen-bond donors (Lipinski definition) is 1. The number of hydrogen-bond acceptors (Lipinski definition) is 6. The lowest BCUT2D eigenvalue weighted by molar-refractivity contribution is -0.142. The lowest BCUT2D eigenvalue weighted by Crippen LogP contribution is -2.41. The summed E-state index contributed by atoms with van der Waals surface area (Å²) < 4.78 is 5.70. The molecule has 136 valence electrons. The summed E-state index contributed by atoms with van der Waals surface area (Å²) in [5, 5.41) is 4.81. The van der Waals surface area contributed by atoms with Crippen LogP contribution in [0.3, 0.4) is 0 Å². The monoisotopic (exact) mass is 408 g/mol. The first kappa shape index (κ1) is 18.9. The summed E-state index contributed by atoms with van der Waals surface area (Å²) in [6.07, 6.45) is 2.46. The summed E-state index contributed by atoms with van der Waals surface area (Å²) in [6, 6.07) is 8.71. The zero-order valence-corrected chi connectivity index (χ0v) is 16.6. The van der Waals surface area contributed by atoms with Crippen molar-refractivity contribution in [3.8, 4) is 0 Å². The highest BCUT2D eigenvalue weighted by molar-refractivity contribution is 7.98. The number of para-hydroxylation sites is 1. The third-order valence-electron chi connectivity index (χ3n) is 3.95. The van der Waals surface area contributed by atoms with Crippen LogP contribution in [0.5, 0.6) is 0 Å². The number of amides is 1. The lowest BCUT2D eigenvalue weighted by atomic mass is 10.2. The van der Waals surface area contributed by atoms with Crippen molar-refractivity contribution < 1.29 is 14.3 Å². The number of aromatic nitrogens is 1. The Hall–Kier alpha value is -1.83. The van der Waals surface area contributed by atoms with Gasteiger partial charge in [0.25, 0.3) is 5.91 Å². The van der Waals surface area contributed by atoms with Gasteiger partial charge in [0, 0.05) is 15.5 Å². The standard InChI is InChI=1S/C18H17ClN2O3S2/c1-24-18(23)13(7-8-25-2)21-17(22)14-9-11-15(26-14)10-5-3-4-6-12(10)20-16(11)19/h3-6,9,13H,7-8H2,1-2H3,(H,21,22)/t13-/m0/s1. The number of ether oxygens (including phenoxy) is 1. The number of nitrogens with zero attached hydrogens (tertiary/aromatic N) is 1. The predicted octanol–water partition coefficient (Wildman–Crippen LogP) is 4.13. The first-order chi connectivity index (χ1) is 12.5. The third-order valence-corrected chi connectivity index (χ3v) is 6.05. The molecule has 3 aromatic rings. The predicted molar refractivity (Wildman–Crippen MR) is 108 cm³/mol. The van der Waals surface area contributed by atoms with Crippen LogP contribution in [0.25, 0.3) is 21.0 Å². The Labute approximate surface area is 164 Å². The molecule has 1 N–H and O–H groups in total. The molecule has 0 spiro atoms. The van der Waals surface area contributed by atoms with Crippen molar-refractivity contribution in [2.24, 2.45) is 0 Å². The molecule has 0 unspecified atom stereocenters. The SMILES string of the molecule is COC(=O)[C@H](CCSC)NC(=O)c1cc2c(Cl)nc3ccccc3c2s1. The van der Waals surface area contributed by atoms with Crippen LogP contribution >= 0.6 is 34.7 Å². The largest absolute Gasteiger partial charge is 0.467 e. The molecule has 5 nitrogen and oxygen atoms in total. The summed E-state index contributed by atoms with van der Waals surface area (Å²) in [6.45, 7) is 0. The fourth-order valence-corrected chi connectivity index (χ4v) is 4.51. The van der Waals surface area contributed by atoms with E-state index in [0.29, 0.717) is 16.5 Å². The molecule has 1 amide bonds. The van der Waals surface area contributed by atoms with E-state index in [9.17, 15) is 9.59 Å². The smallest absolute Gasteiger partial charge is 0.328 e. The van der Waals surface area contributed by atoms with Crippen LogP contribution in [-0.4, -0.2) is 42.0 Å². The van der Waals surface area contributed by atoms with E-state index in [1.807, 2.05) is 30.5 Å². The molecule has 0 aliphatic carbocycles. The molecule has 0 aliphatic heterocycles. The number of methoxy groups -OCH3 is 1. The van der Waals surface area contributed by atoms with Crippen molar-refractivity contribution in [1.29, 1.82) is 0 Å². The molecule has 2 heterocycles. The normalized spacial score (nSPS) is 12.3. The number of pyridine rings is 1. The molecular weight excluding hydrogens is 392 g/mol. The van der Waals surface area contributed by atoms with Crippen molar-refractivity contribution in [3.63, 3.8) is 0 Å². The Morgan fingerprint density at radius 2 is 2.12 bits per heavy atom. The van der Waals surface area contributed by atoms with Crippen LogP contribution < -0.4 is 5.32 Å². The highest BCUT2D eigenvalue weighted by Crippen LogP contribution is 2.35. The number of esters is 1. The van der Waals surface area contributed by atoms with Crippen molar-refractivity contribution in [1.82, 2.24) is 10.3 Å². The van der Waals surface area contributed by atoms with Gasteiger partial charge in [0.15, 0.2) is 0 Å². The van der Waals surface area contributed by atoms with E-state index in [1.54, 1.807) is 17.8 Å². The van der Waals surface area contributed by atoms with Crippen LogP contribution in [-0.2, 0) is 9.53 Å². The first-order valence-corrected chi connectivity index (χ1v) is 10.5. The number of rotatable bonds is 6. The van der Waals surface area contributed by atoms with Gasteiger partial charge >= 0.3 is 5.97 Å². The second-order valence-electron chi connectivity index (χ2n) is 5.60. The maximum absolute atomic E-state index is 12.7. The minimum atomic E-state index is -0.671. The van der Waals surface area contributed by atoms with E-state index in [2.05, 4.69) is 10.3 Å². The Morgan fingerprint density at radius 3 is 2.85 bits per heavy atom. The van der Waals surface area contributed by atoms with Crippen molar-refractivity contribution >= 4 is 67.6 Å². The fraction of sp³-hybridized carbons (Fsp3) is 0.278. The molecule has 26 heavy (non-hydrogen) atoms. The van der Waals surface area contributed by atoms with Gasteiger partial charge < -0.3 is 10.1 Å². The van der Waals surface area contributed by atoms with E-state index in [-0.39, 0.29) is 5.91 Å². The van der Waals surface area contributed by atoms with Gasteiger partial charge in [0.2, 0.25) is 0 Å². The number of thioether (sulfide) groups is 1. The van der Waals surface area contributed by atoms with Gasteiger partial charge in [-0.2, -0.15) is 11.8 Å². The van der Waals surface area contributed by atoms with E-state index in [0.717, 1.165) is 26.7 Å². The second-order valence-corrected chi connectivity index (χ2v) is 8.00. The Kier molecular flexibility index (Phi) is 6.01. The quantitative estimate of drug-likeness (QED) is 0.490. The number of carbonyl (C=O) groups is 2. The Bertz CT molecular complexity index is 974. The van der Waals surface area contributed by atoms with Crippen molar-refractivity contribution in [3.05, 3.63) is 40.4 Å². The van der Waals surface area contributed by atoms with Crippen molar-refractivity contribution in [2.75, 3.05) is 19.1 Å². The molecule has 3 rings (SSSR count). The van der Waals surface area contributed by atoms with Gasteiger partial charge in [-0.3, -0.25) is 4.79 Å². The molecule has 1 aromatic carbocycles. The van der Waals surface area contributed by atoms with Gasteiger partial charge in [-0.05, 0) is 30.6 Å². The summed E-state index contributed by atoms with van der Waals surface area (Å²) in [5.41, 5.74) is 0.784. The lowest BCUT2D eigenvalue weighted by Gasteiger charge is -2.15. The molecule has 0 radical (unpaired) electrons. The second kappa shape index (κ2) is 8.24. The molecule has 0 aliphatic rings. The minimum absolute atomic E-state index is 0.317. The van der Waals surface area contributed by atoms with E-state index in [1.165, 1.54) is 18.4 Å². The molecule has 0 saturated heterocycles. The van der Waals surface area contributed by atoms with Gasteiger partial charge in [0.05, 0.1) is 17.5 Å². The summed E-state index contributed by atoms with van der Waals surface area (Å²) in [7, 11) is 1.32. The van der Waals surface area contributed by atoms with Gasteiger partial charge in [-0.1, -0.05) is 29.8 Å². The van der Waals surface area contributed by atoms with Crippen LogP contribution in [0.15, 0.2) is 30.3 Å². The summed E-state index contributed by atoms with van der Waals surface area (Å²) in [4.78, 5) is 29.5. The zero-order valence-electron chi connectivity index (χ0n) is 14.2. The maximum atomic E-state index is 12.7. The van der Waals surface area contributed by atoms with Crippen LogP contribution in [0.2, 0.25) is 5.15 Å². The third kappa shape index (κ3) is 3.79. The number of nitrogens with one attached hydrogen (secondary N) is 1. The fourth-order valence-electron chi connectivity index (χ4n) is 2.64. The average molecular weight is 409 g/mol. The molecule has 1 atom stereocenters. The summed E-state index contributed by atoms with van der Waals surface area (Å²) >= 11 is 9.23.